The minimum atomic E-state index is -4.79. The topological polar surface area (TPSA) is 26.3 Å². The standard InChI is InChI=1S/C23H19F7O2/c1-12-2-4-13(5-3-12)14-8-19(26)21(20(27)9-14)22(31)32-15-10-17(24)16(18(25)11-15)6-7-23(28,29)30/h6-13H,2-5H2,1H3/b7-6+. The van der Waals surface area contributed by atoms with Crippen molar-refractivity contribution in [3.63, 3.8) is 0 Å². The Morgan fingerprint density at radius 3 is 1.94 bits per heavy atom. The zero-order chi connectivity index (χ0) is 23.6. The molecule has 0 N–H and O–H groups in total. The molecule has 2 nitrogen and oxygen atoms in total. The molecule has 2 aromatic carbocycles. The monoisotopic (exact) mass is 460 g/mol. The van der Waals surface area contributed by atoms with Gasteiger partial charge in [-0.05, 0) is 48.4 Å². The van der Waals surface area contributed by atoms with Crippen LogP contribution in [0.5, 0.6) is 5.75 Å². The molecule has 3 rings (SSSR count). The van der Waals surface area contributed by atoms with E-state index in [1.165, 1.54) is 0 Å². The van der Waals surface area contributed by atoms with Crippen molar-refractivity contribution in [2.75, 3.05) is 0 Å². The quantitative estimate of drug-likeness (QED) is 0.271. The minimum absolute atomic E-state index is 0.0410. The number of esters is 1. The van der Waals surface area contributed by atoms with Crippen molar-refractivity contribution in [2.45, 2.75) is 44.7 Å². The summed E-state index contributed by atoms with van der Waals surface area (Å²) in [5.41, 5.74) is -1.62. The molecule has 0 atom stereocenters. The number of hydrogen-bond acceptors (Lipinski definition) is 2. The third kappa shape index (κ3) is 5.69. The molecule has 0 bridgehead atoms. The summed E-state index contributed by atoms with van der Waals surface area (Å²) >= 11 is 0. The average Bonchev–Trinajstić information content (AvgIpc) is 2.66. The lowest BCUT2D eigenvalue weighted by Gasteiger charge is -2.26. The maximum absolute atomic E-state index is 14.5. The van der Waals surface area contributed by atoms with Gasteiger partial charge in [-0.3, -0.25) is 0 Å². The van der Waals surface area contributed by atoms with Gasteiger partial charge in [0.1, 0.15) is 34.6 Å². The van der Waals surface area contributed by atoms with Gasteiger partial charge in [-0.15, -0.1) is 0 Å². The van der Waals surface area contributed by atoms with Crippen LogP contribution >= 0.6 is 0 Å². The van der Waals surface area contributed by atoms with E-state index in [-0.39, 0.29) is 18.1 Å². The van der Waals surface area contributed by atoms with Crippen molar-refractivity contribution < 1.29 is 40.3 Å². The second-order valence-electron chi connectivity index (χ2n) is 7.88. The van der Waals surface area contributed by atoms with Crippen LogP contribution in [0.4, 0.5) is 30.7 Å². The average molecular weight is 460 g/mol. The molecule has 1 fully saturated rings. The number of benzene rings is 2. The molecule has 1 saturated carbocycles. The van der Waals surface area contributed by atoms with Gasteiger partial charge in [0.15, 0.2) is 0 Å². The summed E-state index contributed by atoms with van der Waals surface area (Å²) in [7, 11) is 0. The van der Waals surface area contributed by atoms with Crippen LogP contribution in [0.15, 0.2) is 30.3 Å². The first kappa shape index (κ1) is 23.8. The van der Waals surface area contributed by atoms with Crippen LogP contribution < -0.4 is 4.74 Å². The Hall–Kier alpha value is -2.84. The molecule has 1 aliphatic carbocycles. The number of ether oxygens (including phenoxy) is 1. The molecule has 32 heavy (non-hydrogen) atoms. The van der Waals surface area contributed by atoms with Crippen LogP contribution in [0.2, 0.25) is 0 Å². The summed E-state index contributed by atoms with van der Waals surface area (Å²) in [5, 5.41) is 0. The van der Waals surface area contributed by atoms with Crippen molar-refractivity contribution >= 4 is 12.0 Å². The Labute approximate surface area is 179 Å². The van der Waals surface area contributed by atoms with Crippen LogP contribution in [0, 0.1) is 29.2 Å². The van der Waals surface area contributed by atoms with Gasteiger partial charge in [-0.2, -0.15) is 13.2 Å². The van der Waals surface area contributed by atoms with Crippen molar-refractivity contribution in [3.05, 3.63) is 70.3 Å². The molecule has 0 heterocycles. The SMILES string of the molecule is CC1CCC(c2cc(F)c(C(=O)Oc3cc(F)c(/C=C/C(F)(F)F)c(F)c3)c(F)c2)CC1. The smallest absolute Gasteiger partial charge is 0.409 e. The second-order valence-corrected chi connectivity index (χ2v) is 7.88. The van der Waals surface area contributed by atoms with E-state index in [1.807, 2.05) is 0 Å². The Morgan fingerprint density at radius 2 is 1.44 bits per heavy atom. The van der Waals surface area contributed by atoms with Crippen LogP contribution in [-0.4, -0.2) is 12.1 Å². The molecule has 1 aliphatic rings. The number of carbonyl (C=O) groups excluding carboxylic acids is 1. The lowest BCUT2D eigenvalue weighted by Crippen LogP contribution is -2.16. The van der Waals surface area contributed by atoms with Crippen LogP contribution in [-0.2, 0) is 0 Å². The lowest BCUT2D eigenvalue weighted by atomic mass is 9.79. The van der Waals surface area contributed by atoms with Gasteiger partial charge < -0.3 is 4.74 Å². The van der Waals surface area contributed by atoms with Crippen molar-refractivity contribution in [3.8, 4) is 5.75 Å². The fraction of sp³-hybridized carbons (Fsp3) is 0.348. The predicted molar refractivity (Wildman–Crippen MR) is 103 cm³/mol. The van der Waals surface area contributed by atoms with Crippen LogP contribution in [0.3, 0.4) is 0 Å². The maximum Gasteiger partial charge on any atom is 0.409 e. The normalized spacial score (nSPS) is 19.4. The summed E-state index contributed by atoms with van der Waals surface area (Å²) < 4.78 is 98.3. The first-order valence-corrected chi connectivity index (χ1v) is 9.90. The van der Waals surface area contributed by atoms with Crippen LogP contribution in [0.1, 0.15) is 60.0 Å². The van der Waals surface area contributed by atoms with Crippen molar-refractivity contribution in [2.24, 2.45) is 5.92 Å². The summed E-state index contributed by atoms with van der Waals surface area (Å²) in [6.07, 6.45) is -1.61. The fourth-order valence-corrected chi connectivity index (χ4v) is 3.73. The number of rotatable bonds is 4. The van der Waals surface area contributed by atoms with Crippen molar-refractivity contribution in [1.29, 1.82) is 0 Å². The molecular weight excluding hydrogens is 441 g/mol. The third-order valence-corrected chi connectivity index (χ3v) is 5.46. The summed E-state index contributed by atoms with van der Waals surface area (Å²) in [4.78, 5) is 12.2. The molecule has 0 aromatic heterocycles. The van der Waals surface area contributed by atoms with E-state index in [2.05, 4.69) is 11.7 Å². The van der Waals surface area contributed by atoms with Crippen LogP contribution in [0.25, 0.3) is 6.08 Å². The highest BCUT2D eigenvalue weighted by atomic mass is 19.4. The summed E-state index contributed by atoms with van der Waals surface area (Å²) in [6.45, 7) is 2.10. The van der Waals surface area contributed by atoms with E-state index in [9.17, 15) is 35.5 Å². The van der Waals surface area contributed by atoms with E-state index in [4.69, 9.17) is 0 Å². The van der Waals surface area contributed by atoms with Gasteiger partial charge in [0.2, 0.25) is 0 Å². The zero-order valence-electron chi connectivity index (χ0n) is 16.9. The predicted octanol–water partition coefficient (Wildman–Crippen LogP) is 7.33. The van der Waals surface area contributed by atoms with E-state index < -0.39 is 52.3 Å². The van der Waals surface area contributed by atoms with E-state index in [1.54, 1.807) is 0 Å². The molecule has 0 spiro atoms. The fourth-order valence-electron chi connectivity index (χ4n) is 3.73. The first-order chi connectivity index (χ1) is 14.9. The Kier molecular flexibility index (Phi) is 6.95. The maximum atomic E-state index is 14.5. The Balaban J connectivity index is 1.80. The van der Waals surface area contributed by atoms with E-state index >= 15 is 0 Å². The molecule has 0 unspecified atom stereocenters. The molecule has 0 radical (unpaired) electrons. The highest BCUT2D eigenvalue weighted by molar-refractivity contribution is 5.91. The molecule has 9 heteroatoms. The van der Waals surface area contributed by atoms with Gasteiger partial charge in [-0.25, -0.2) is 22.4 Å². The molecule has 0 amide bonds. The minimum Gasteiger partial charge on any atom is -0.423 e. The highest BCUT2D eigenvalue weighted by Gasteiger charge is 2.26. The van der Waals surface area contributed by atoms with Gasteiger partial charge >= 0.3 is 12.1 Å². The van der Waals surface area contributed by atoms with Gasteiger partial charge in [0.25, 0.3) is 0 Å². The van der Waals surface area contributed by atoms with E-state index in [0.29, 0.717) is 23.6 Å². The third-order valence-electron chi connectivity index (χ3n) is 5.46. The lowest BCUT2D eigenvalue weighted by molar-refractivity contribution is -0.0790. The number of hydrogen-bond donors (Lipinski definition) is 0. The Morgan fingerprint density at radius 1 is 0.906 bits per heavy atom. The molecular formula is C23H19F7O2. The largest absolute Gasteiger partial charge is 0.423 e. The summed E-state index contributed by atoms with van der Waals surface area (Å²) in [6, 6.07) is 2.99. The number of allylic oxidation sites excluding steroid dienone is 1. The number of alkyl halides is 3. The van der Waals surface area contributed by atoms with Crippen molar-refractivity contribution in [1.82, 2.24) is 0 Å². The van der Waals surface area contributed by atoms with Gasteiger partial charge in [0, 0.05) is 23.8 Å². The zero-order valence-corrected chi connectivity index (χ0v) is 16.9. The second kappa shape index (κ2) is 9.34. The first-order valence-electron chi connectivity index (χ1n) is 9.90. The molecule has 2 aromatic rings. The number of halogens is 7. The summed E-state index contributed by atoms with van der Waals surface area (Å²) in [5.74, 6) is -7.03. The van der Waals surface area contributed by atoms with Gasteiger partial charge in [-0.1, -0.05) is 19.8 Å². The van der Waals surface area contributed by atoms with Gasteiger partial charge in [0.05, 0.1) is 0 Å². The number of carbonyl (C=O) groups is 1. The molecule has 0 saturated heterocycles. The highest BCUT2D eigenvalue weighted by Crippen LogP contribution is 2.36. The van der Waals surface area contributed by atoms with E-state index in [0.717, 1.165) is 37.8 Å². The molecule has 0 aliphatic heterocycles. The molecule has 172 valence electrons. The Bertz CT molecular complexity index is 989.